The molecule has 2 aromatic rings. The SMILES string of the molecule is CCc1ccc(S(=O)(=O)NC2CCC(Oc3ncc(Cl)cn3)CC2)s1. The monoisotopic (exact) mass is 401 g/mol. The number of rotatable bonds is 6. The standard InChI is InChI=1S/C16H20ClN3O3S2/c1-2-14-7-8-15(24-14)25(21,22)20-12-3-5-13(6-4-12)23-16-18-9-11(17)10-19-16/h7-10,12-13,20H,2-6H2,1H3. The maximum absolute atomic E-state index is 12.5. The third-order valence-corrected chi connectivity index (χ3v) is 7.55. The minimum Gasteiger partial charge on any atom is -0.460 e. The molecule has 0 bridgehead atoms. The first-order valence-electron chi connectivity index (χ1n) is 8.21. The highest BCUT2D eigenvalue weighted by Crippen LogP contribution is 2.26. The number of halogens is 1. The molecule has 2 heterocycles. The Morgan fingerprint density at radius 2 is 1.92 bits per heavy atom. The minimum atomic E-state index is -3.44. The number of aryl methyl sites for hydroxylation is 1. The van der Waals surface area contributed by atoms with E-state index in [1.807, 2.05) is 13.0 Å². The predicted octanol–water partition coefficient (Wildman–Crippen LogP) is 3.42. The van der Waals surface area contributed by atoms with Crippen molar-refractivity contribution in [2.45, 2.75) is 55.4 Å². The van der Waals surface area contributed by atoms with Crippen molar-refractivity contribution in [2.24, 2.45) is 0 Å². The van der Waals surface area contributed by atoms with Crippen LogP contribution >= 0.6 is 22.9 Å². The summed E-state index contributed by atoms with van der Waals surface area (Å²) in [6.07, 6.45) is 6.79. The van der Waals surface area contributed by atoms with E-state index >= 15 is 0 Å². The van der Waals surface area contributed by atoms with Gasteiger partial charge in [0.15, 0.2) is 0 Å². The molecule has 1 N–H and O–H groups in total. The normalized spacial score (nSPS) is 21.2. The highest BCUT2D eigenvalue weighted by atomic mass is 35.5. The number of hydrogen-bond donors (Lipinski definition) is 1. The Hall–Kier alpha value is -1.22. The zero-order valence-electron chi connectivity index (χ0n) is 13.8. The largest absolute Gasteiger partial charge is 0.460 e. The first-order chi connectivity index (χ1) is 12.0. The van der Waals surface area contributed by atoms with E-state index in [2.05, 4.69) is 14.7 Å². The summed E-state index contributed by atoms with van der Waals surface area (Å²) in [5.74, 6) is 0. The van der Waals surface area contributed by atoms with Crippen molar-refractivity contribution in [1.29, 1.82) is 0 Å². The number of aromatic nitrogens is 2. The molecule has 0 spiro atoms. The molecule has 136 valence electrons. The third kappa shape index (κ3) is 4.91. The molecule has 1 aliphatic rings. The number of ether oxygens (including phenoxy) is 1. The van der Waals surface area contributed by atoms with Gasteiger partial charge < -0.3 is 4.74 Å². The van der Waals surface area contributed by atoms with Gasteiger partial charge in [-0.05, 0) is 44.2 Å². The smallest absolute Gasteiger partial charge is 0.316 e. The maximum Gasteiger partial charge on any atom is 0.316 e. The fourth-order valence-corrected chi connectivity index (χ4v) is 5.49. The molecular weight excluding hydrogens is 382 g/mol. The summed E-state index contributed by atoms with van der Waals surface area (Å²) in [4.78, 5) is 9.12. The van der Waals surface area contributed by atoms with E-state index in [1.165, 1.54) is 23.7 Å². The second-order valence-electron chi connectivity index (χ2n) is 5.97. The molecule has 0 radical (unpaired) electrons. The summed E-state index contributed by atoms with van der Waals surface area (Å²) in [5.41, 5.74) is 0. The Morgan fingerprint density at radius 1 is 1.24 bits per heavy atom. The van der Waals surface area contributed by atoms with Crippen LogP contribution in [0.2, 0.25) is 5.02 Å². The summed E-state index contributed by atoms with van der Waals surface area (Å²) in [6.45, 7) is 2.02. The number of hydrogen-bond acceptors (Lipinski definition) is 6. The van der Waals surface area contributed by atoms with Crippen molar-refractivity contribution in [1.82, 2.24) is 14.7 Å². The van der Waals surface area contributed by atoms with Crippen LogP contribution in [0.4, 0.5) is 0 Å². The van der Waals surface area contributed by atoms with Gasteiger partial charge in [0.1, 0.15) is 10.3 Å². The molecule has 2 aromatic heterocycles. The van der Waals surface area contributed by atoms with Crippen LogP contribution in [-0.2, 0) is 16.4 Å². The van der Waals surface area contributed by atoms with Crippen molar-refractivity contribution in [3.63, 3.8) is 0 Å². The molecule has 1 saturated carbocycles. The van der Waals surface area contributed by atoms with Crippen LogP contribution in [0.5, 0.6) is 6.01 Å². The molecule has 0 amide bonds. The van der Waals surface area contributed by atoms with Crippen molar-refractivity contribution < 1.29 is 13.2 Å². The summed E-state index contributed by atoms with van der Waals surface area (Å²) >= 11 is 7.08. The Balaban J connectivity index is 1.52. The fraction of sp³-hybridized carbons (Fsp3) is 0.500. The van der Waals surface area contributed by atoms with Gasteiger partial charge in [-0.1, -0.05) is 18.5 Å². The van der Waals surface area contributed by atoms with Crippen molar-refractivity contribution >= 4 is 33.0 Å². The Bertz CT molecular complexity index is 800. The third-order valence-electron chi connectivity index (χ3n) is 4.12. The average Bonchev–Trinajstić information content (AvgIpc) is 3.09. The molecule has 6 nitrogen and oxygen atoms in total. The Morgan fingerprint density at radius 3 is 2.52 bits per heavy atom. The van der Waals surface area contributed by atoms with Crippen molar-refractivity contribution in [3.05, 3.63) is 34.4 Å². The van der Waals surface area contributed by atoms with E-state index in [1.54, 1.807) is 6.07 Å². The van der Waals surface area contributed by atoms with Gasteiger partial charge in [0.05, 0.1) is 17.4 Å². The van der Waals surface area contributed by atoms with E-state index in [9.17, 15) is 8.42 Å². The van der Waals surface area contributed by atoms with E-state index in [0.717, 1.165) is 37.0 Å². The molecule has 3 rings (SSSR count). The molecular formula is C16H20ClN3O3S2. The minimum absolute atomic E-state index is 0.00429. The topological polar surface area (TPSA) is 81.2 Å². The number of nitrogens with zero attached hydrogens (tertiary/aromatic N) is 2. The highest BCUT2D eigenvalue weighted by molar-refractivity contribution is 7.91. The van der Waals surface area contributed by atoms with E-state index < -0.39 is 10.0 Å². The number of thiophene rings is 1. The summed E-state index contributed by atoms with van der Waals surface area (Å²) in [7, 11) is -3.44. The highest BCUT2D eigenvalue weighted by Gasteiger charge is 2.27. The Labute approximate surface area is 156 Å². The van der Waals surface area contributed by atoms with Crippen LogP contribution in [0.1, 0.15) is 37.5 Å². The lowest BCUT2D eigenvalue weighted by atomic mass is 9.94. The first-order valence-corrected chi connectivity index (χ1v) is 10.9. The summed E-state index contributed by atoms with van der Waals surface area (Å²) in [5, 5.41) is 0.463. The lowest BCUT2D eigenvalue weighted by molar-refractivity contribution is 0.132. The van der Waals surface area contributed by atoms with Crippen molar-refractivity contribution in [3.8, 4) is 6.01 Å². The zero-order chi connectivity index (χ0) is 17.9. The van der Waals surface area contributed by atoms with Gasteiger partial charge in [0.2, 0.25) is 10.0 Å². The number of nitrogens with one attached hydrogen (secondary N) is 1. The lowest BCUT2D eigenvalue weighted by Crippen LogP contribution is -2.39. The molecule has 0 aliphatic heterocycles. The van der Waals surface area contributed by atoms with Gasteiger partial charge in [0.25, 0.3) is 0 Å². The summed E-state index contributed by atoms with van der Waals surface area (Å²) in [6, 6.07) is 3.79. The van der Waals surface area contributed by atoms with Crippen LogP contribution in [-0.4, -0.2) is 30.5 Å². The second kappa shape index (κ2) is 7.99. The first kappa shape index (κ1) is 18.6. The fourth-order valence-electron chi connectivity index (χ4n) is 2.78. The van der Waals surface area contributed by atoms with Crippen LogP contribution in [0.3, 0.4) is 0 Å². The second-order valence-corrected chi connectivity index (χ2v) is 9.52. The molecule has 0 saturated heterocycles. The molecule has 25 heavy (non-hydrogen) atoms. The molecule has 1 aliphatic carbocycles. The average molecular weight is 402 g/mol. The van der Waals surface area contributed by atoms with Gasteiger partial charge in [-0.25, -0.2) is 23.1 Å². The van der Waals surface area contributed by atoms with Gasteiger partial charge >= 0.3 is 6.01 Å². The predicted molar refractivity (Wildman–Crippen MR) is 97.7 cm³/mol. The van der Waals surface area contributed by atoms with Crippen molar-refractivity contribution in [2.75, 3.05) is 0 Å². The molecule has 9 heteroatoms. The van der Waals surface area contributed by atoms with E-state index in [4.69, 9.17) is 16.3 Å². The maximum atomic E-state index is 12.5. The van der Waals surface area contributed by atoms with E-state index in [0.29, 0.717) is 15.2 Å². The van der Waals surface area contributed by atoms with Gasteiger partial charge in [-0.2, -0.15) is 0 Å². The van der Waals surface area contributed by atoms with Gasteiger partial charge in [-0.3, -0.25) is 0 Å². The van der Waals surface area contributed by atoms with Gasteiger partial charge in [0, 0.05) is 10.9 Å². The van der Waals surface area contributed by atoms with Crippen LogP contribution in [0.15, 0.2) is 28.7 Å². The van der Waals surface area contributed by atoms with E-state index in [-0.39, 0.29) is 12.1 Å². The summed E-state index contributed by atoms with van der Waals surface area (Å²) < 4.78 is 33.9. The van der Waals surface area contributed by atoms with Crippen LogP contribution < -0.4 is 9.46 Å². The molecule has 0 aromatic carbocycles. The molecule has 0 atom stereocenters. The lowest BCUT2D eigenvalue weighted by Gasteiger charge is -2.28. The molecule has 1 fully saturated rings. The van der Waals surface area contributed by atoms with Crippen LogP contribution in [0.25, 0.3) is 0 Å². The zero-order valence-corrected chi connectivity index (χ0v) is 16.2. The Kier molecular flexibility index (Phi) is 5.93. The van der Waals surface area contributed by atoms with Gasteiger partial charge in [-0.15, -0.1) is 11.3 Å². The molecule has 0 unspecified atom stereocenters. The number of sulfonamides is 1. The van der Waals surface area contributed by atoms with Crippen LogP contribution in [0, 0.1) is 0 Å². The quantitative estimate of drug-likeness (QED) is 0.801.